The Hall–Kier alpha value is -2.14. The standard InChI is InChI=1S/C19H25N3OS/c1-6-13(2)7-9-16(22-14(3)11-19(20)21-22)15-8-10-18(24-5)17(12-15)23-4/h7-12H,6H2,1-5H3,(H2,20,21)/b13-7?,16-9-. The van der Waals surface area contributed by atoms with Crippen LogP contribution in [0.25, 0.3) is 5.70 Å². The fourth-order valence-corrected chi connectivity index (χ4v) is 2.91. The van der Waals surface area contributed by atoms with Gasteiger partial charge in [-0.05, 0) is 44.7 Å². The molecule has 0 bridgehead atoms. The molecule has 0 aliphatic carbocycles. The maximum Gasteiger partial charge on any atom is 0.146 e. The van der Waals surface area contributed by atoms with Crippen molar-refractivity contribution in [3.05, 3.63) is 53.2 Å². The molecule has 0 saturated heterocycles. The number of ether oxygens (including phenoxy) is 1. The SMILES string of the molecule is CCC(C)=C/C=C(/c1ccc(SC)c(OC)c1)n1nc(N)cc1C. The lowest BCUT2D eigenvalue weighted by Crippen LogP contribution is -2.04. The molecule has 2 rings (SSSR count). The molecule has 2 N–H and O–H groups in total. The Morgan fingerprint density at radius 1 is 1.33 bits per heavy atom. The zero-order valence-corrected chi connectivity index (χ0v) is 15.8. The van der Waals surface area contributed by atoms with Gasteiger partial charge in [0.05, 0.1) is 12.8 Å². The van der Waals surface area contributed by atoms with Gasteiger partial charge < -0.3 is 10.5 Å². The van der Waals surface area contributed by atoms with Crippen LogP contribution in [0.4, 0.5) is 5.82 Å². The minimum atomic E-state index is 0.516. The van der Waals surface area contributed by atoms with E-state index in [4.69, 9.17) is 10.5 Å². The highest BCUT2D eigenvalue weighted by molar-refractivity contribution is 7.98. The van der Waals surface area contributed by atoms with Gasteiger partial charge in [0.1, 0.15) is 11.6 Å². The number of benzene rings is 1. The predicted molar refractivity (Wildman–Crippen MR) is 104 cm³/mol. The quantitative estimate of drug-likeness (QED) is 0.607. The summed E-state index contributed by atoms with van der Waals surface area (Å²) < 4.78 is 7.40. The fourth-order valence-electron chi connectivity index (χ4n) is 2.37. The van der Waals surface area contributed by atoms with Crippen molar-refractivity contribution < 1.29 is 4.74 Å². The van der Waals surface area contributed by atoms with Gasteiger partial charge in [-0.2, -0.15) is 5.10 Å². The number of hydrogen-bond acceptors (Lipinski definition) is 4. The molecule has 0 aliphatic rings. The fraction of sp³-hybridized carbons (Fsp3) is 0.316. The van der Waals surface area contributed by atoms with Gasteiger partial charge in [0.25, 0.3) is 0 Å². The molecule has 0 amide bonds. The molecule has 0 spiro atoms. The Morgan fingerprint density at radius 3 is 2.62 bits per heavy atom. The first-order valence-electron chi connectivity index (χ1n) is 7.92. The number of aryl methyl sites for hydroxylation is 1. The summed E-state index contributed by atoms with van der Waals surface area (Å²) >= 11 is 1.67. The molecule has 1 aromatic carbocycles. The molecule has 4 nitrogen and oxygen atoms in total. The van der Waals surface area contributed by atoms with E-state index in [1.54, 1.807) is 18.9 Å². The third-order valence-corrected chi connectivity index (χ3v) is 4.67. The first-order valence-corrected chi connectivity index (χ1v) is 9.15. The van der Waals surface area contributed by atoms with Crippen LogP contribution in [0.1, 0.15) is 31.5 Å². The maximum atomic E-state index is 5.88. The van der Waals surface area contributed by atoms with Crippen LogP contribution in [0.5, 0.6) is 5.75 Å². The van der Waals surface area contributed by atoms with Crippen LogP contribution in [-0.2, 0) is 0 Å². The Labute approximate surface area is 148 Å². The first-order chi connectivity index (χ1) is 11.5. The predicted octanol–water partition coefficient (Wildman–Crippen LogP) is 4.75. The lowest BCUT2D eigenvalue weighted by Gasteiger charge is -2.13. The molecular weight excluding hydrogens is 318 g/mol. The number of thioether (sulfide) groups is 1. The largest absolute Gasteiger partial charge is 0.496 e. The van der Waals surface area contributed by atoms with Gasteiger partial charge >= 0.3 is 0 Å². The summed E-state index contributed by atoms with van der Waals surface area (Å²) in [6.07, 6.45) is 7.27. The van der Waals surface area contributed by atoms with Crippen LogP contribution < -0.4 is 10.5 Å². The molecule has 1 heterocycles. The number of anilines is 1. The Morgan fingerprint density at radius 2 is 2.08 bits per heavy atom. The van der Waals surface area contributed by atoms with E-state index in [0.717, 1.165) is 34.0 Å². The minimum absolute atomic E-state index is 0.516. The van der Waals surface area contributed by atoms with Gasteiger partial charge in [-0.15, -0.1) is 11.8 Å². The number of aromatic nitrogens is 2. The summed E-state index contributed by atoms with van der Waals surface area (Å²) in [4.78, 5) is 1.11. The number of nitrogens with zero attached hydrogens (tertiary/aromatic N) is 2. The molecule has 128 valence electrons. The highest BCUT2D eigenvalue weighted by Gasteiger charge is 2.12. The van der Waals surface area contributed by atoms with Crippen molar-refractivity contribution in [1.29, 1.82) is 0 Å². The zero-order valence-electron chi connectivity index (χ0n) is 15.0. The molecule has 0 atom stereocenters. The number of rotatable bonds is 6. The molecule has 24 heavy (non-hydrogen) atoms. The number of allylic oxidation sites excluding steroid dienone is 3. The number of nitrogen functional groups attached to an aromatic ring is 1. The van der Waals surface area contributed by atoms with Gasteiger partial charge in [-0.3, -0.25) is 0 Å². The van der Waals surface area contributed by atoms with Gasteiger partial charge in [0.2, 0.25) is 0 Å². The van der Waals surface area contributed by atoms with E-state index < -0.39 is 0 Å². The molecule has 5 heteroatoms. The van der Waals surface area contributed by atoms with E-state index >= 15 is 0 Å². The summed E-state index contributed by atoms with van der Waals surface area (Å²) in [6.45, 7) is 6.27. The lowest BCUT2D eigenvalue weighted by atomic mass is 10.1. The highest BCUT2D eigenvalue weighted by Crippen LogP contribution is 2.31. The monoisotopic (exact) mass is 343 g/mol. The van der Waals surface area contributed by atoms with Crippen LogP contribution in [0.2, 0.25) is 0 Å². The summed E-state index contributed by atoms with van der Waals surface area (Å²) in [6, 6.07) is 8.08. The lowest BCUT2D eigenvalue weighted by molar-refractivity contribution is 0.404. The zero-order chi connectivity index (χ0) is 17.7. The molecule has 0 unspecified atom stereocenters. The summed E-state index contributed by atoms with van der Waals surface area (Å²) in [5, 5.41) is 4.44. The van der Waals surface area contributed by atoms with Gasteiger partial charge in [-0.1, -0.05) is 24.6 Å². The summed E-state index contributed by atoms with van der Waals surface area (Å²) in [5.74, 6) is 1.38. The molecule has 0 aliphatic heterocycles. The summed E-state index contributed by atoms with van der Waals surface area (Å²) in [5.41, 5.74) is 10.2. The van der Waals surface area contributed by atoms with Crippen molar-refractivity contribution >= 4 is 23.3 Å². The minimum Gasteiger partial charge on any atom is -0.496 e. The maximum absolute atomic E-state index is 5.88. The molecule has 0 radical (unpaired) electrons. The van der Waals surface area contributed by atoms with Crippen LogP contribution >= 0.6 is 11.8 Å². The van der Waals surface area contributed by atoms with E-state index in [-0.39, 0.29) is 0 Å². The van der Waals surface area contributed by atoms with Crippen molar-refractivity contribution in [3.8, 4) is 5.75 Å². The second-order valence-corrected chi connectivity index (χ2v) is 6.46. The Bertz CT molecular complexity index is 775. The third-order valence-electron chi connectivity index (χ3n) is 3.90. The Kier molecular flexibility index (Phi) is 6.15. The average molecular weight is 343 g/mol. The summed E-state index contributed by atoms with van der Waals surface area (Å²) in [7, 11) is 1.69. The molecule has 2 aromatic rings. The number of methoxy groups -OCH3 is 1. The number of nitrogens with two attached hydrogens (primary N) is 1. The van der Waals surface area contributed by atoms with Crippen LogP contribution in [0.3, 0.4) is 0 Å². The third kappa shape index (κ3) is 4.03. The molecule has 0 saturated carbocycles. The smallest absolute Gasteiger partial charge is 0.146 e. The van der Waals surface area contributed by atoms with Gasteiger partial charge in [0, 0.05) is 22.2 Å². The van der Waals surface area contributed by atoms with Crippen LogP contribution in [-0.4, -0.2) is 23.1 Å². The first kappa shape index (κ1) is 18.2. The second-order valence-electron chi connectivity index (χ2n) is 5.61. The van der Waals surface area contributed by atoms with E-state index in [1.165, 1.54) is 5.57 Å². The topological polar surface area (TPSA) is 53.1 Å². The van der Waals surface area contributed by atoms with Crippen molar-refractivity contribution in [2.75, 3.05) is 19.1 Å². The van der Waals surface area contributed by atoms with Gasteiger partial charge in [-0.25, -0.2) is 4.68 Å². The van der Waals surface area contributed by atoms with Crippen LogP contribution in [0, 0.1) is 6.92 Å². The van der Waals surface area contributed by atoms with Crippen LogP contribution in [0.15, 0.2) is 46.9 Å². The van der Waals surface area contributed by atoms with Gasteiger partial charge in [0.15, 0.2) is 0 Å². The average Bonchev–Trinajstić information content (AvgIpc) is 2.92. The van der Waals surface area contributed by atoms with E-state index in [0.29, 0.717) is 5.82 Å². The van der Waals surface area contributed by atoms with Crippen molar-refractivity contribution in [2.24, 2.45) is 0 Å². The molecule has 1 aromatic heterocycles. The van der Waals surface area contributed by atoms with E-state index in [9.17, 15) is 0 Å². The number of hydrogen-bond donors (Lipinski definition) is 1. The van der Waals surface area contributed by atoms with Crippen molar-refractivity contribution in [3.63, 3.8) is 0 Å². The van der Waals surface area contributed by atoms with E-state index in [1.807, 2.05) is 30.0 Å². The second kappa shape index (κ2) is 8.11. The molecule has 0 fully saturated rings. The highest BCUT2D eigenvalue weighted by atomic mass is 32.2. The van der Waals surface area contributed by atoms with Crippen molar-refractivity contribution in [1.82, 2.24) is 9.78 Å². The normalized spacial score (nSPS) is 12.5. The van der Waals surface area contributed by atoms with Crippen molar-refractivity contribution in [2.45, 2.75) is 32.1 Å². The molecular formula is C19H25N3OS. The van der Waals surface area contributed by atoms with E-state index in [2.05, 4.69) is 43.2 Å². The Balaban J connectivity index is 2.60.